The first-order valence-corrected chi connectivity index (χ1v) is 5.63. The number of nitrogens with zero attached hydrogens (tertiary/aromatic N) is 2. The van der Waals surface area contributed by atoms with Gasteiger partial charge in [0.1, 0.15) is 5.72 Å². The molecule has 0 aromatic carbocycles. The lowest BCUT2D eigenvalue weighted by atomic mass is 9.90. The van der Waals surface area contributed by atoms with Crippen LogP contribution in [0.3, 0.4) is 0 Å². The molecular formula is C11H18N2O. The Balaban J connectivity index is 1.97. The molecule has 1 saturated carbocycles. The first-order valence-electron chi connectivity index (χ1n) is 5.63. The minimum Gasteiger partial charge on any atom is -0.359 e. The molecule has 0 radical (unpaired) electrons. The topological polar surface area (TPSA) is 36.3 Å². The predicted octanol–water partition coefficient (Wildman–Crippen LogP) is 1.89. The largest absolute Gasteiger partial charge is 0.359 e. The minimum atomic E-state index is 0.0229. The summed E-state index contributed by atoms with van der Waals surface area (Å²) in [5.41, 5.74) is 0.0229. The van der Waals surface area contributed by atoms with Crippen molar-refractivity contribution in [1.82, 2.24) is 4.90 Å². The lowest BCUT2D eigenvalue weighted by molar-refractivity contribution is -0.106. The van der Waals surface area contributed by atoms with E-state index in [-0.39, 0.29) is 5.72 Å². The third-order valence-corrected chi connectivity index (χ3v) is 3.44. The highest BCUT2D eigenvalue weighted by Gasteiger charge is 2.42. The van der Waals surface area contributed by atoms with E-state index in [2.05, 4.69) is 11.0 Å². The summed E-state index contributed by atoms with van der Waals surface area (Å²) in [6.45, 7) is 2.75. The molecule has 78 valence electrons. The van der Waals surface area contributed by atoms with Gasteiger partial charge in [-0.15, -0.1) is 0 Å². The fourth-order valence-corrected chi connectivity index (χ4v) is 2.71. The molecule has 3 nitrogen and oxygen atoms in total. The van der Waals surface area contributed by atoms with Crippen molar-refractivity contribution in [2.45, 2.75) is 44.2 Å². The van der Waals surface area contributed by atoms with E-state index >= 15 is 0 Å². The molecule has 14 heavy (non-hydrogen) atoms. The zero-order valence-corrected chi connectivity index (χ0v) is 8.67. The smallest absolute Gasteiger partial charge is 0.121 e. The molecular weight excluding hydrogens is 176 g/mol. The highest BCUT2D eigenvalue weighted by Crippen LogP contribution is 2.37. The van der Waals surface area contributed by atoms with Crippen molar-refractivity contribution < 1.29 is 4.74 Å². The second kappa shape index (κ2) is 4.29. The first kappa shape index (κ1) is 9.95. The summed E-state index contributed by atoms with van der Waals surface area (Å²) in [4.78, 5) is 2.38. The van der Waals surface area contributed by atoms with E-state index in [9.17, 15) is 0 Å². The maximum atomic E-state index is 8.60. The standard InChI is InChI=1S/C11H18N2O/c12-7-4-8-13-9-10-14-11(13)5-2-1-3-6-11/h1-6,8-10H2. The third kappa shape index (κ3) is 1.77. The van der Waals surface area contributed by atoms with Crippen molar-refractivity contribution in [2.75, 3.05) is 19.7 Å². The van der Waals surface area contributed by atoms with Crippen LogP contribution < -0.4 is 0 Å². The quantitative estimate of drug-likeness (QED) is 0.673. The molecule has 2 aliphatic rings. The second-order valence-electron chi connectivity index (χ2n) is 4.25. The molecule has 0 aromatic heterocycles. The van der Waals surface area contributed by atoms with Gasteiger partial charge in [-0.2, -0.15) is 5.26 Å². The highest BCUT2D eigenvalue weighted by molar-refractivity contribution is 4.90. The van der Waals surface area contributed by atoms with Gasteiger partial charge in [0.2, 0.25) is 0 Å². The number of hydrogen-bond donors (Lipinski definition) is 0. The molecule has 1 heterocycles. The van der Waals surface area contributed by atoms with Crippen LogP contribution in [-0.4, -0.2) is 30.3 Å². The first-order chi connectivity index (χ1) is 6.87. The molecule has 0 aromatic rings. The van der Waals surface area contributed by atoms with E-state index in [4.69, 9.17) is 10.00 Å². The molecule has 2 rings (SSSR count). The summed E-state index contributed by atoms with van der Waals surface area (Å²) in [6.07, 6.45) is 6.87. The van der Waals surface area contributed by atoms with Crippen LogP contribution in [0.2, 0.25) is 0 Å². The Hall–Kier alpha value is -0.590. The minimum absolute atomic E-state index is 0.0229. The third-order valence-electron chi connectivity index (χ3n) is 3.44. The van der Waals surface area contributed by atoms with Crippen LogP contribution in [0.15, 0.2) is 0 Å². The van der Waals surface area contributed by atoms with E-state index in [1.807, 2.05) is 0 Å². The molecule has 0 N–H and O–H groups in total. The lowest BCUT2D eigenvalue weighted by Gasteiger charge is -2.39. The molecule has 1 aliphatic carbocycles. The number of hydrogen-bond acceptors (Lipinski definition) is 3. The van der Waals surface area contributed by atoms with Gasteiger partial charge >= 0.3 is 0 Å². The Bertz CT molecular complexity index is 228. The second-order valence-corrected chi connectivity index (χ2v) is 4.25. The SMILES string of the molecule is N#CCCN1CCOC12CCCCC2. The Kier molecular flexibility index (Phi) is 3.05. The number of nitriles is 1. The molecule has 1 saturated heterocycles. The number of rotatable bonds is 2. The van der Waals surface area contributed by atoms with Crippen LogP contribution in [0.5, 0.6) is 0 Å². The normalized spacial score (nSPS) is 26.5. The average molecular weight is 194 g/mol. The summed E-state index contributed by atoms with van der Waals surface area (Å²) in [5, 5.41) is 8.60. The van der Waals surface area contributed by atoms with Crippen LogP contribution in [0, 0.1) is 11.3 Å². The summed E-state index contributed by atoms with van der Waals surface area (Å²) in [5.74, 6) is 0. The zero-order chi connectivity index (χ0) is 9.86. The Labute approximate surface area is 85.6 Å². The van der Waals surface area contributed by atoms with Gasteiger partial charge in [-0.05, 0) is 25.7 Å². The van der Waals surface area contributed by atoms with E-state index in [1.165, 1.54) is 32.1 Å². The van der Waals surface area contributed by atoms with Crippen LogP contribution in [0.4, 0.5) is 0 Å². The van der Waals surface area contributed by atoms with Gasteiger partial charge in [-0.3, -0.25) is 4.90 Å². The highest BCUT2D eigenvalue weighted by atomic mass is 16.5. The molecule has 1 aliphatic heterocycles. The van der Waals surface area contributed by atoms with Crippen LogP contribution in [0.1, 0.15) is 38.5 Å². The summed E-state index contributed by atoms with van der Waals surface area (Å²) in [6, 6.07) is 2.22. The van der Waals surface area contributed by atoms with Gasteiger partial charge < -0.3 is 4.74 Å². The molecule has 0 atom stereocenters. The van der Waals surface area contributed by atoms with Crippen molar-refractivity contribution in [3.63, 3.8) is 0 Å². The molecule has 2 fully saturated rings. The summed E-state index contributed by atoms with van der Waals surface area (Å²) in [7, 11) is 0. The maximum absolute atomic E-state index is 8.60. The average Bonchev–Trinajstić information content (AvgIpc) is 2.59. The van der Waals surface area contributed by atoms with Crippen molar-refractivity contribution >= 4 is 0 Å². The predicted molar refractivity (Wildman–Crippen MR) is 53.6 cm³/mol. The van der Waals surface area contributed by atoms with Gasteiger partial charge in [-0.1, -0.05) is 6.42 Å². The van der Waals surface area contributed by atoms with Gasteiger partial charge in [0.05, 0.1) is 12.7 Å². The molecule has 0 bridgehead atoms. The Morgan fingerprint density at radius 3 is 2.79 bits per heavy atom. The van der Waals surface area contributed by atoms with E-state index in [1.54, 1.807) is 0 Å². The van der Waals surface area contributed by atoms with E-state index in [0.29, 0.717) is 6.42 Å². The van der Waals surface area contributed by atoms with Gasteiger partial charge in [0, 0.05) is 19.5 Å². The van der Waals surface area contributed by atoms with Crippen molar-refractivity contribution in [1.29, 1.82) is 5.26 Å². The fourth-order valence-electron chi connectivity index (χ4n) is 2.71. The Morgan fingerprint density at radius 2 is 2.07 bits per heavy atom. The molecule has 0 amide bonds. The van der Waals surface area contributed by atoms with Crippen LogP contribution in [0.25, 0.3) is 0 Å². The van der Waals surface area contributed by atoms with Crippen molar-refractivity contribution in [2.24, 2.45) is 0 Å². The van der Waals surface area contributed by atoms with Crippen LogP contribution >= 0.6 is 0 Å². The maximum Gasteiger partial charge on any atom is 0.121 e. The molecule has 0 unspecified atom stereocenters. The summed E-state index contributed by atoms with van der Waals surface area (Å²) >= 11 is 0. The molecule has 3 heteroatoms. The zero-order valence-electron chi connectivity index (χ0n) is 8.67. The van der Waals surface area contributed by atoms with Crippen molar-refractivity contribution in [3.8, 4) is 6.07 Å². The van der Waals surface area contributed by atoms with Crippen LogP contribution in [-0.2, 0) is 4.74 Å². The number of ether oxygens (including phenoxy) is 1. The van der Waals surface area contributed by atoms with E-state index in [0.717, 1.165) is 19.7 Å². The monoisotopic (exact) mass is 194 g/mol. The molecule has 1 spiro atoms. The Morgan fingerprint density at radius 1 is 1.29 bits per heavy atom. The summed E-state index contributed by atoms with van der Waals surface area (Å²) < 4.78 is 5.91. The van der Waals surface area contributed by atoms with Gasteiger partial charge in [-0.25, -0.2) is 0 Å². The van der Waals surface area contributed by atoms with E-state index < -0.39 is 0 Å². The van der Waals surface area contributed by atoms with Gasteiger partial charge in [0.15, 0.2) is 0 Å². The lowest BCUT2D eigenvalue weighted by Crippen LogP contribution is -2.46. The van der Waals surface area contributed by atoms with Crippen molar-refractivity contribution in [3.05, 3.63) is 0 Å². The van der Waals surface area contributed by atoms with Gasteiger partial charge in [0.25, 0.3) is 0 Å². The fraction of sp³-hybridized carbons (Fsp3) is 0.909.